The molecule has 1 amide bonds. The van der Waals surface area contributed by atoms with E-state index < -0.39 is 0 Å². The van der Waals surface area contributed by atoms with Gasteiger partial charge < -0.3 is 10.6 Å². The number of rotatable bonds is 5. The van der Waals surface area contributed by atoms with Crippen LogP contribution in [-0.2, 0) is 0 Å². The van der Waals surface area contributed by atoms with Crippen LogP contribution in [0, 0.1) is 6.92 Å². The van der Waals surface area contributed by atoms with Crippen LogP contribution in [0.2, 0.25) is 5.02 Å². The largest absolute Gasteiger partial charge is 0.366 e. The molecule has 0 bridgehead atoms. The molecule has 6 heteroatoms. The predicted molar refractivity (Wildman–Crippen MR) is 84.9 cm³/mol. The van der Waals surface area contributed by atoms with E-state index in [1.165, 1.54) is 6.33 Å². The summed E-state index contributed by atoms with van der Waals surface area (Å²) in [4.78, 5) is 20.2. The van der Waals surface area contributed by atoms with Crippen molar-refractivity contribution >= 4 is 29.0 Å². The molecule has 0 aliphatic carbocycles. The third-order valence-corrected chi connectivity index (χ3v) is 3.25. The molecule has 108 valence electrons. The van der Waals surface area contributed by atoms with E-state index >= 15 is 0 Å². The van der Waals surface area contributed by atoms with Crippen LogP contribution in [0.15, 0.2) is 43.2 Å². The highest BCUT2D eigenvalue weighted by Gasteiger charge is 2.11. The van der Waals surface area contributed by atoms with Crippen LogP contribution in [0.25, 0.3) is 0 Å². The van der Waals surface area contributed by atoms with Crippen molar-refractivity contribution in [2.75, 3.05) is 17.2 Å². The molecule has 0 aliphatic heterocycles. The summed E-state index contributed by atoms with van der Waals surface area (Å²) in [5.41, 5.74) is 1.74. The zero-order valence-electron chi connectivity index (χ0n) is 11.6. The Morgan fingerprint density at radius 1 is 1.43 bits per heavy atom. The Bertz CT molecular complexity index is 672. The van der Waals surface area contributed by atoms with Gasteiger partial charge in [-0.3, -0.25) is 4.79 Å². The fraction of sp³-hybridized carbons (Fsp3) is 0.133. The van der Waals surface area contributed by atoms with Crippen LogP contribution >= 0.6 is 11.6 Å². The molecule has 0 aliphatic rings. The van der Waals surface area contributed by atoms with Crippen LogP contribution in [0.1, 0.15) is 16.1 Å². The van der Waals surface area contributed by atoms with E-state index in [2.05, 4.69) is 27.2 Å². The number of hydrogen-bond donors (Lipinski definition) is 2. The summed E-state index contributed by atoms with van der Waals surface area (Å²) in [6.45, 7) is 6.01. The number of nitrogens with zero attached hydrogens (tertiary/aromatic N) is 2. The van der Waals surface area contributed by atoms with E-state index in [0.717, 1.165) is 5.56 Å². The molecule has 2 N–H and O–H groups in total. The lowest BCUT2D eigenvalue weighted by atomic mass is 10.2. The molecule has 1 aromatic heterocycles. The first-order valence-corrected chi connectivity index (χ1v) is 6.73. The van der Waals surface area contributed by atoms with Gasteiger partial charge in [0.15, 0.2) is 0 Å². The Hall–Kier alpha value is -2.40. The van der Waals surface area contributed by atoms with Crippen LogP contribution in [-0.4, -0.2) is 22.4 Å². The number of halogens is 1. The Balaban J connectivity index is 2.16. The highest BCUT2D eigenvalue weighted by Crippen LogP contribution is 2.23. The van der Waals surface area contributed by atoms with Crippen molar-refractivity contribution in [1.82, 2.24) is 9.97 Å². The number of carbonyl (C=O) groups is 1. The SMILES string of the molecule is C=CCNc1cc(C(=O)Nc2cccc(Cl)c2C)ncn1. The van der Waals surface area contributed by atoms with Crippen molar-refractivity contribution in [2.24, 2.45) is 0 Å². The van der Waals surface area contributed by atoms with E-state index in [-0.39, 0.29) is 11.6 Å². The van der Waals surface area contributed by atoms with E-state index in [4.69, 9.17) is 11.6 Å². The molecule has 0 atom stereocenters. The first kappa shape index (κ1) is 15.0. The fourth-order valence-corrected chi connectivity index (χ4v) is 1.86. The second-order valence-electron chi connectivity index (χ2n) is 4.32. The van der Waals surface area contributed by atoms with Gasteiger partial charge in [0, 0.05) is 23.3 Å². The van der Waals surface area contributed by atoms with Crippen LogP contribution in [0.3, 0.4) is 0 Å². The van der Waals surface area contributed by atoms with Crippen molar-refractivity contribution < 1.29 is 4.79 Å². The summed E-state index contributed by atoms with van der Waals surface area (Å²) in [5.74, 6) is 0.252. The second kappa shape index (κ2) is 6.85. The highest BCUT2D eigenvalue weighted by molar-refractivity contribution is 6.31. The summed E-state index contributed by atoms with van der Waals surface area (Å²) in [6.07, 6.45) is 3.04. The molecule has 1 heterocycles. The summed E-state index contributed by atoms with van der Waals surface area (Å²) in [5, 5.41) is 6.39. The fourth-order valence-electron chi connectivity index (χ4n) is 1.68. The van der Waals surface area contributed by atoms with E-state index in [1.807, 2.05) is 6.92 Å². The average molecular weight is 303 g/mol. The molecule has 0 unspecified atom stereocenters. The number of carbonyl (C=O) groups excluding carboxylic acids is 1. The lowest BCUT2D eigenvalue weighted by Crippen LogP contribution is -2.15. The van der Waals surface area contributed by atoms with Crippen molar-refractivity contribution in [2.45, 2.75) is 6.92 Å². The summed E-state index contributed by atoms with van der Waals surface area (Å²) < 4.78 is 0. The molecule has 2 rings (SSSR count). The minimum Gasteiger partial charge on any atom is -0.366 e. The van der Waals surface area contributed by atoms with Gasteiger partial charge in [0.1, 0.15) is 17.8 Å². The smallest absolute Gasteiger partial charge is 0.274 e. The molecule has 0 spiro atoms. The van der Waals surface area contributed by atoms with E-state index in [9.17, 15) is 4.79 Å². The number of aromatic nitrogens is 2. The van der Waals surface area contributed by atoms with E-state index in [0.29, 0.717) is 23.1 Å². The normalized spacial score (nSPS) is 10.0. The van der Waals surface area contributed by atoms with Gasteiger partial charge in [-0.15, -0.1) is 6.58 Å². The van der Waals surface area contributed by atoms with Gasteiger partial charge in [-0.25, -0.2) is 9.97 Å². The Morgan fingerprint density at radius 3 is 3.00 bits per heavy atom. The first-order valence-electron chi connectivity index (χ1n) is 6.35. The minimum atomic E-state index is -0.315. The lowest BCUT2D eigenvalue weighted by molar-refractivity contribution is 0.102. The molecule has 5 nitrogen and oxygen atoms in total. The average Bonchev–Trinajstić information content (AvgIpc) is 2.50. The molecule has 0 saturated carbocycles. The Labute approximate surface area is 128 Å². The molecule has 1 aromatic carbocycles. The van der Waals surface area contributed by atoms with Crippen molar-refractivity contribution in [1.29, 1.82) is 0 Å². The van der Waals surface area contributed by atoms with Crippen molar-refractivity contribution in [3.63, 3.8) is 0 Å². The van der Waals surface area contributed by atoms with Crippen LogP contribution in [0.5, 0.6) is 0 Å². The summed E-state index contributed by atoms with van der Waals surface area (Å²) >= 11 is 6.03. The maximum absolute atomic E-state index is 12.2. The van der Waals surface area contributed by atoms with Crippen molar-refractivity contribution in [3.05, 3.63) is 59.5 Å². The van der Waals surface area contributed by atoms with Gasteiger partial charge in [-0.05, 0) is 24.6 Å². The number of amides is 1. The zero-order valence-corrected chi connectivity index (χ0v) is 12.3. The molecular formula is C15H15ClN4O. The molecule has 0 saturated heterocycles. The van der Waals surface area contributed by atoms with Gasteiger partial charge in [0.25, 0.3) is 5.91 Å². The molecule has 0 radical (unpaired) electrons. The molecule has 21 heavy (non-hydrogen) atoms. The monoisotopic (exact) mass is 302 g/mol. The first-order chi connectivity index (χ1) is 10.1. The number of anilines is 2. The molecular weight excluding hydrogens is 288 g/mol. The maximum Gasteiger partial charge on any atom is 0.274 e. The second-order valence-corrected chi connectivity index (χ2v) is 4.73. The molecule has 2 aromatic rings. The van der Waals surface area contributed by atoms with Gasteiger partial charge in [-0.1, -0.05) is 23.7 Å². The van der Waals surface area contributed by atoms with Crippen LogP contribution in [0.4, 0.5) is 11.5 Å². The highest BCUT2D eigenvalue weighted by atomic mass is 35.5. The van der Waals surface area contributed by atoms with Gasteiger partial charge in [-0.2, -0.15) is 0 Å². The maximum atomic E-state index is 12.2. The molecule has 0 fully saturated rings. The standard InChI is InChI=1S/C15H15ClN4O/c1-3-7-17-14-8-13(18-9-19-14)15(21)20-12-6-4-5-11(16)10(12)2/h3-6,8-9H,1,7H2,2H3,(H,20,21)(H,17,18,19). The predicted octanol–water partition coefficient (Wildman–Crippen LogP) is 3.29. The lowest BCUT2D eigenvalue weighted by Gasteiger charge is -2.09. The quantitative estimate of drug-likeness (QED) is 0.832. The van der Waals surface area contributed by atoms with Gasteiger partial charge in [0.2, 0.25) is 0 Å². The minimum absolute atomic E-state index is 0.274. The van der Waals surface area contributed by atoms with Gasteiger partial charge >= 0.3 is 0 Å². The summed E-state index contributed by atoms with van der Waals surface area (Å²) in [6, 6.07) is 6.92. The van der Waals surface area contributed by atoms with E-state index in [1.54, 1.807) is 30.3 Å². The van der Waals surface area contributed by atoms with Crippen molar-refractivity contribution in [3.8, 4) is 0 Å². The Morgan fingerprint density at radius 2 is 2.24 bits per heavy atom. The summed E-state index contributed by atoms with van der Waals surface area (Å²) in [7, 11) is 0. The third kappa shape index (κ3) is 3.79. The third-order valence-electron chi connectivity index (χ3n) is 2.84. The Kier molecular flexibility index (Phi) is 4.90. The number of nitrogens with one attached hydrogen (secondary N) is 2. The number of benzene rings is 1. The number of hydrogen-bond acceptors (Lipinski definition) is 4. The zero-order chi connectivity index (χ0) is 15.2. The van der Waals surface area contributed by atoms with Crippen LogP contribution < -0.4 is 10.6 Å². The topological polar surface area (TPSA) is 66.9 Å². The van der Waals surface area contributed by atoms with Gasteiger partial charge in [0.05, 0.1) is 0 Å².